The maximum Gasteiger partial charge on any atom is 0.175 e. The Kier molecular flexibility index (Phi) is 4.13. The fourth-order valence-corrected chi connectivity index (χ4v) is 2.24. The van der Waals surface area contributed by atoms with Crippen molar-refractivity contribution < 1.29 is 8.42 Å². The third-order valence-electron chi connectivity index (χ3n) is 2.21. The van der Waals surface area contributed by atoms with Crippen LogP contribution < -0.4 is 5.32 Å². The van der Waals surface area contributed by atoms with Crippen LogP contribution in [-0.4, -0.2) is 27.6 Å². The molecule has 1 aromatic rings. The van der Waals surface area contributed by atoms with Crippen LogP contribution in [0, 0.1) is 0 Å². The van der Waals surface area contributed by atoms with E-state index in [-0.39, 0.29) is 6.04 Å². The molecule has 0 aromatic heterocycles. The van der Waals surface area contributed by atoms with Crippen LogP contribution >= 0.6 is 11.6 Å². The first kappa shape index (κ1) is 12.5. The maximum atomic E-state index is 11.2. The highest BCUT2D eigenvalue weighted by molar-refractivity contribution is 7.90. The Balaban J connectivity index is 3.00. The minimum absolute atomic E-state index is 0.0558. The summed E-state index contributed by atoms with van der Waals surface area (Å²) in [6.07, 6.45) is 1.19. The topological polar surface area (TPSA) is 46.2 Å². The first-order chi connectivity index (χ1) is 6.99. The number of nitrogens with one attached hydrogen (secondary N) is 1. The molecular weight excluding hydrogens is 234 g/mol. The lowest BCUT2D eigenvalue weighted by atomic mass is 10.1. The van der Waals surface area contributed by atoms with Gasteiger partial charge in [0.05, 0.1) is 4.90 Å². The van der Waals surface area contributed by atoms with Gasteiger partial charge in [-0.05, 0) is 24.7 Å². The molecule has 1 rings (SSSR count). The molecule has 0 spiro atoms. The molecular formula is C10H14ClNO2S. The van der Waals surface area contributed by atoms with Crippen LogP contribution in [-0.2, 0) is 9.84 Å². The molecule has 0 saturated heterocycles. The lowest BCUT2D eigenvalue weighted by Gasteiger charge is -2.13. The maximum absolute atomic E-state index is 11.2. The summed E-state index contributed by atoms with van der Waals surface area (Å²) >= 11 is 5.75. The zero-order valence-corrected chi connectivity index (χ0v) is 10.3. The minimum atomic E-state index is -3.11. The first-order valence-electron chi connectivity index (χ1n) is 4.52. The zero-order chi connectivity index (χ0) is 11.5. The number of sulfone groups is 1. The second-order valence-corrected chi connectivity index (χ2v) is 5.66. The molecule has 84 valence electrons. The predicted octanol–water partition coefficient (Wildman–Crippen LogP) is 1.59. The minimum Gasteiger partial charge on any atom is -0.312 e. The van der Waals surface area contributed by atoms with Crippen molar-refractivity contribution in [3.63, 3.8) is 0 Å². The molecule has 1 atom stereocenters. The highest BCUT2D eigenvalue weighted by Gasteiger charge is 2.10. The van der Waals surface area contributed by atoms with Gasteiger partial charge in [0.1, 0.15) is 0 Å². The fourth-order valence-electron chi connectivity index (χ4n) is 1.28. The molecule has 5 heteroatoms. The van der Waals surface area contributed by atoms with Gasteiger partial charge < -0.3 is 5.32 Å². The predicted molar refractivity (Wildman–Crippen MR) is 62.1 cm³/mol. The lowest BCUT2D eigenvalue weighted by molar-refractivity contribution is 0.601. The van der Waals surface area contributed by atoms with E-state index < -0.39 is 9.84 Å². The van der Waals surface area contributed by atoms with Crippen LogP contribution in [0.2, 0.25) is 0 Å². The Labute approximate surface area is 95.4 Å². The van der Waals surface area contributed by atoms with Crippen molar-refractivity contribution in [3.05, 3.63) is 29.8 Å². The molecule has 0 saturated carbocycles. The van der Waals surface area contributed by atoms with Crippen molar-refractivity contribution in [2.75, 3.05) is 19.2 Å². The summed E-state index contributed by atoms with van der Waals surface area (Å²) in [7, 11) is -1.30. The monoisotopic (exact) mass is 247 g/mol. The molecule has 0 amide bonds. The molecule has 15 heavy (non-hydrogen) atoms. The van der Waals surface area contributed by atoms with Crippen molar-refractivity contribution in [3.8, 4) is 0 Å². The van der Waals surface area contributed by atoms with Crippen LogP contribution in [0.1, 0.15) is 11.6 Å². The van der Waals surface area contributed by atoms with Gasteiger partial charge >= 0.3 is 0 Å². The van der Waals surface area contributed by atoms with Crippen molar-refractivity contribution in [1.29, 1.82) is 0 Å². The lowest BCUT2D eigenvalue weighted by Crippen LogP contribution is -2.17. The van der Waals surface area contributed by atoms with Gasteiger partial charge in [0, 0.05) is 18.2 Å². The molecule has 0 fully saturated rings. The number of hydrogen-bond acceptors (Lipinski definition) is 3. The van der Waals surface area contributed by atoms with Crippen molar-refractivity contribution >= 4 is 21.4 Å². The van der Waals surface area contributed by atoms with Crippen LogP contribution in [0.25, 0.3) is 0 Å². The van der Waals surface area contributed by atoms with Gasteiger partial charge in [-0.1, -0.05) is 12.1 Å². The number of benzene rings is 1. The fraction of sp³-hybridized carbons (Fsp3) is 0.400. The van der Waals surface area contributed by atoms with Crippen molar-refractivity contribution in [2.24, 2.45) is 0 Å². The van der Waals surface area contributed by atoms with Crippen molar-refractivity contribution in [1.82, 2.24) is 5.32 Å². The summed E-state index contributed by atoms with van der Waals surface area (Å²) in [5, 5.41) is 3.04. The number of halogens is 1. The van der Waals surface area contributed by atoms with Gasteiger partial charge in [0.25, 0.3) is 0 Å². The molecule has 1 N–H and O–H groups in total. The summed E-state index contributed by atoms with van der Waals surface area (Å²) in [5.74, 6) is 0.453. The van der Waals surface area contributed by atoms with E-state index in [9.17, 15) is 8.42 Å². The summed E-state index contributed by atoms with van der Waals surface area (Å²) in [5.41, 5.74) is 0.986. The Morgan fingerprint density at radius 3 is 2.20 bits per heavy atom. The third kappa shape index (κ3) is 3.19. The summed E-state index contributed by atoms with van der Waals surface area (Å²) in [6.45, 7) is 0. The highest BCUT2D eigenvalue weighted by Crippen LogP contribution is 2.17. The van der Waals surface area contributed by atoms with E-state index in [4.69, 9.17) is 11.6 Å². The average Bonchev–Trinajstić information content (AvgIpc) is 2.19. The summed E-state index contributed by atoms with van der Waals surface area (Å²) in [4.78, 5) is 0.329. The Hall–Kier alpha value is -0.580. The van der Waals surface area contributed by atoms with E-state index in [0.29, 0.717) is 10.8 Å². The van der Waals surface area contributed by atoms with Crippen LogP contribution in [0.3, 0.4) is 0 Å². The second kappa shape index (κ2) is 4.96. The molecule has 0 aliphatic carbocycles. The zero-order valence-electron chi connectivity index (χ0n) is 8.70. The number of rotatable bonds is 4. The largest absolute Gasteiger partial charge is 0.312 e. The van der Waals surface area contributed by atoms with Crippen LogP contribution in [0.4, 0.5) is 0 Å². The molecule has 0 radical (unpaired) electrons. The molecule has 3 nitrogen and oxygen atoms in total. The van der Waals surface area contributed by atoms with E-state index in [1.54, 1.807) is 24.3 Å². The van der Waals surface area contributed by atoms with E-state index in [1.807, 2.05) is 7.05 Å². The van der Waals surface area contributed by atoms with Crippen molar-refractivity contribution in [2.45, 2.75) is 10.9 Å². The van der Waals surface area contributed by atoms with E-state index >= 15 is 0 Å². The molecule has 0 aliphatic heterocycles. The highest BCUT2D eigenvalue weighted by atomic mass is 35.5. The SMILES string of the molecule is CNC(CCl)c1ccc(S(C)(=O)=O)cc1. The standard InChI is InChI=1S/C10H14ClNO2S/c1-12-10(7-11)8-3-5-9(6-4-8)15(2,13)14/h3-6,10,12H,7H2,1-2H3. The second-order valence-electron chi connectivity index (χ2n) is 3.34. The molecule has 1 aromatic carbocycles. The quantitative estimate of drug-likeness (QED) is 0.822. The Morgan fingerprint density at radius 1 is 1.33 bits per heavy atom. The summed E-state index contributed by atoms with van der Waals surface area (Å²) in [6, 6.07) is 6.81. The average molecular weight is 248 g/mol. The van der Waals surface area contributed by atoms with E-state index in [2.05, 4.69) is 5.32 Å². The Bertz CT molecular complexity index is 410. The third-order valence-corrected chi connectivity index (χ3v) is 3.65. The number of hydrogen-bond donors (Lipinski definition) is 1. The van der Waals surface area contributed by atoms with Gasteiger partial charge in [-0.2, -0.15) is 0 Å². The molecule has 0 aliphatic rings. The first-order valence-corrected chi connectivity index (χ1v) is 6.95. The molecule has 1 unspecified atom stereocenters. The van der Waals surface area contributed by atoms with Gasteiger partial charge in [-0.15, -0.1) is 11.6 Å². The van der Waals surface area contributed by atoms with Crippen LogP contribution in [0.5, 0.6) is 0 Å². The smallest absolute Gasteiger partial charge is 0.175 e. The van der Waals surface area contributed by atoms with Gasteiger partial charge in [0.2, 0.25) is 0 Å². The Morgan fingerprint density at radius 2 is 1.87 bits per heavy atom. The van der Waals surface area contributed by atoms with E-state index in [0.717, 1.165) is 5.56 Å². The summed E-state index contributed by atoms with van der Waals surface area (Å²) < 4.78 is 22.4. The normalized spacial score (nSPS) is 13.8. The molecule has 0 bridgehead atoms. The van der Waals surface area contributed by atoms with Gasteiger partial charge in [-0.25, -0.2) is 8.42 Å². The van der Waals surface area contributed by atoms with Crippen LogP contribution in [0.15, 0.2) is 29.2 Å². The number of alkyl halides is 1. The van der Waals surface area contributed by atoms with E-state index in [1.165, 1.54) is 6.26 Å². The molecule has 0 heterocycles. The van der Waals surface area contributed by atoms with Gasteiger partial charge in [-0.3, -0.25) is 0 Å². The van der Waals surface area contributed by atoms with Gasteiger partial charge in [0.15, 0.2) is 9.84 Å².